The Morgan fingerprint density at radius 1 is 0.963 bits per heavy atom. The predicted molar refractivity (Wildman–Crippen MR) is 111 cm³/mol. The summed E-state index contributed by atoms with van der Waals surface area (Å²) in [6.45, 7) is 7.38. The van der Waals surface area contributed by atoms with E-state index in [4.69, 9.17) is 0 Å². The Morgan fingerprint density at radius 2 is 1.63 bits per heavy atom. The van der Waals surface area contributed by atoms with Crippen LogP contribution in [-0.4, -0.2) is 18.4 Å². The van der Waals surface area contributed by atoms with Crippen LogP contribution in [0.1, 0.15) is 44.7 Å². The lowest BCUT2D eigenvalue weighted by Gasteiger charge is -2.24. The summed E-state index contributed by atoms with van der Waals surface area (Å²) < 4.78 is 0. The second-order valence-corrected chi connectivity index (χ2v) is 7.26. The van der Waals surface area contributed by atoms with Gasteiger partial charge in [0.2, 0.25) is 11.8 Å². The van der Waals surface area contributed by atoms with E-state index in [2.05, 4.69) is 19.2 Å². The van der Waals surface area contributed by atoms with Crippen LogP contribution in [-0.2, 0) is 22.6 Å². The van der Waals surface area contributed by atoms with Crippen molar-refractivity contribution in [3.63, 3.8) is 0 Å². The molecule has 0 atom stereocenters. The number of hydrogen-bond acceptors (Lipinski definition) is 2. The summed E-state index contributed by atoms with van der Waals surface area (Å²) in [6, 6.07) is 17.7. The lowest BCUT2D eigenvalue weighted by atomic mass is 10.1. The van der Waals surface area contributed by atoms with Crippen molar-refractivity contribution in [2.24, 2.45) is 5.92 Å². The standard InChI is InChI=1S/C23H30N2O2/c1-4-14-24-22(26)16-19-10-12-21(13-11-19)25(23(27)15-18(2)3)17-20-8-6-5-7-9-20/h5-13,18H,4,14-17H2,1-3H3,(H,24,26). The van der Waals surface area contributed by atoms with Gasteiger partial charge in [0.25, 0.3) is 0 Å². The lowest BCUT2D eigenvalue weighted by Crippen LogP contribution is -2.31. The SMILES string of the molecule is CCCNC(=O)Cc1ccc(N(Cc2ccccc2)C(=O)CC(C)C)cc1. The van der Waals surface area contributed by atoms with E-state index < -0.39 is 0 Å². The molecule has 0 heterocycles. The van der Waals surface area contributed by atoms with E-state index in [1.807, 2.05) is 66.4 Å². The highest BCUT2D eigenvalue weighted by Crippen LogP contribution is 2.21. The summed E-state index contributed by atoms with van der Waals surface area (Å²) in [5.74, 6) is 0.446. The molecule has 0 bridgehead atoms. The van der Waals surface area contributed by atoms with Gasteiger partial charge in [-0.05, 0) is 35.6 Å². The largest absolute Gasteiger partial charge is 0.356 e. The van der Waals surface area contributed by atoms with E-state index >= 15 is 0 Å². The summed E-state index contributed by atoms with van der Waals surface area (Å²) in [5, 5.41) is 2.89. The first-order chi connectivity index (χ1) is 13.0. The van der Waals surface area contributed by atoms with Crippen molar-refractivity contribution < 1.29 is 9.59 Å². The molecular formula is C23H30N2O2. The van der Waals surface area contributed by atoms with Crippen molar-refractivity contribution in [1.82, 2.24) is 5.32 Å². The van der Waals surface area contributed by atoms with Crippen molar-refractivity contribution in [1.29, 1.82) is 0 Å². The molecule has 0 spiro atoms. The molecule has 0 saturated heterocycles. The third-order valence-electron chi connectivity index (χ3n) is 4.25. The van der Waals surface area contributed by atoms with Gasteiger partial charge in [-0.2, -0.15) is 0 Å². The van der Waals surface area contributed by atoms with Crippen LogP contribution in [0.15, 0.2) is 54.6 Å². The Labute approximate surface area is 162 Å². The number of carbonyl (C=O) groups is 2. The fraction of sp³-hybridized carbons (Fsp3) is 0.391. The molecule has 2 aromatic carbocycles. The van der Waals surface area contributed by atoms with Crippen LogP contribution in [0.4, 0.5) is 5.69 Å². The normalized spacial score (nSPS) is 10.7. The zero-order valence-corrected chi connectivity index (χ0v) is 16.6. The van der Waals surface area contributed by atoms with Crippen molar-refractivity contribution in [2.45, 2.75) is 46.6 Å². The molecule has 2 aromatic rings. The molecule has 0 unspecified atom stereocenters. The van der Waals surface area contributed by atoms with Crippen LogP contribution < -0.4 is 10.2 Å². The Kier molecular flexibility index (Phi) is 8.05. The summed E-state index contributed by atoms with van der Waals surface area (Å²) in [4.78, 5) is 26.5. The van der Waals surface area contributed by atoms with Gasteiger partial charge in [0.15, 0.2) is 0 Å². The zero-order chi connectivity index (χ0) is 19.6. The minimum Gasteiger partial charge on any atom is -0.356 e. The Balaban J connectivity index is 2.14. The van der Waals surface area contributed by atoms with E-state index in [0.717, 1.165) is 23.2 Å². The first kappa shape index (κ1) is 20.7. The van der Waals surface area contributed by atoms with Crippen LogP contribution in [0.5, 0.6) is 0 Å². The first-order valence-corrected chi connectivity index (χ1v) is 9.69. The molecule has 0 aliphatic rings. The maximum Gasteiger partial charge on any atom is 0.227 e. The van der Waals surface area contributed by atoms with Gasteiger partial charge in [-0.3, -0.25) is 9.59 Å². The Bertz CT molecular complexity index is 724. The van der Waals surface area contributed by atoms with Gasteiger partial charge in [0, 0.05) is 18.7 Å². The zero-order valence-electron chi connectivity index (χ0n) is 16.6. The third kappa shape index (κ3) is 6.89. The van der Waals surface area contributed by atoms with Gasteiger partial charge in [-0.15, -0.1) is 0 Å². The molecular weight excluding hydrogens is 336 g/mol. The molecule has 0 aromatic heterocycles. The van der Waals surface area contributed by atoms with Crippen LogP contribution in [0, 0.1) is 5.92 Å². The first-order valence-electron chi connectivity index (χ1n) is 9.69. The molecule has 144 valence electrons. The predicted octanol–water partition coefficient (Wildman–Crippen LogP) is 4.33. The molecule has 4 heteroatoms. The van der Waals surface area contributed by atoms with Gasteiger partial charge < -0.3 is 10.2 Å². The number of nitrogens with one attached hydrogen (secondary N) is 1. The van der Waals surface area contributed by atoms with E-state index in [0.29, 0.717) is 31.8 Å². The minimum absolute atomic E-state index is 0.0293. The minimum atomic E-state index is 0.0293. The summed E-state index contributed by atoms with van der Waals surface area (Å²) in [6.07, 6.45) is 1.80. The molecule has 0 aliphatic carbocycles. The van der Waals surface area contributed by atoms with Crippen molar-refractivity contribution in [2.75, 3.05) is 11.4 Å². The molecule has 4 nitrogen and oxygen atoms in total. The summed E-state index contributed by atoms with van der Waals surface area (Å²) in [5.41, 5.74) is 2.91. The number of rotatable bonds is 9. The van der Waals surface area contributed by atoms with Crippen molar-refractivity contribution in [3.8, 4) is 0 Å². The Hall–Kier alpha value is -2.62. The maximum absolute atomic E-state index is 12.8. The van der Waals surface area contributed by atoms with Gasteiger partial charge in [-0.25, -0.2) is 0 Å². The van der Waals surface area contributed by atoms with Gasteiger partial charge in [-0.1, -0.05) is 63.2 Å². The number of nitrogens with zero attached hydrogens (tertiary/aromatic N) is 1. The smallest absolute Gasteiger partial charge is 0.227 e. The summed E-state index contributed by atoms with van der Waals surface area (Å²) >= 11 is 0. The number of amides is 2. The Morgan fingerprint density at radius 3 is 2.22 bits per heavy atom. The highest BCUT2D eigenvalue weighted by Gasteiger charge is 2.17. The molecule has 0 radical (unpaired) electrons. The van der Waals surface area contributed by atoms with E-state index in [1.54, 1.807) is 0 Å². The van der Waals surface area contributed by atoms with Gasteiger partial charge in [0.05, 0.1) is 13.0 Å². The van der Waals surface area contributed by atoms with E-state index in [1.165, 1.54) is 0 Å². The third-order valence-corrected chi connectivity index (χ3v) is 4.25. The average Bonchev–Trinajstić information content (AvgIpc) is 2.65. The van der Waals surface area contributed by atoms with Gasteiger partial charge >= 0.3 is 0 Å². The second kappa shape index (κ2) is 10.5. The maximum atomic E-state index is 12.8. The van der Waals surface area contributed by atoms with Crippen LogP contribution in [0.2, 0.25) is 0 Å². The van der Waals surface area contributed by atoms with E-state index in [-0.39, 0.29) is 11.8 Å². The molecule has 2 amide bonds. The number of hydrogen-bond donors (Lipinski definition) is 1. The molecule has 27 heavy (non-hydrogen) atoms. The second-order valence-electron chi connectivity index (χ2n) is 7.26. The average molecular weight is 367 g/mol. The highest BCUT2D eigenvalue weighted by molar-refractivity contribution is 5.93. The monoisotopic (exact) mass is 366 g/mol. The van der Waals surface area contributed by atoms with Crippen LogP contribution >= 0.6 is 0 Å². The fourth-order valence-electron chi connectivity index (χ4n) is 2.85. The quantitative estimate of drug-likeness (QED) is 0.718. The highest BCUT2D eigenvalue weighted by atomic mass is 16.2. The molecule has 0 fully saturated rings. The van der Waals surface area contributed by atoms with Crippen molar-refractivity contribution in [3.05, 3.63) is 65.7 Å². The number of benzene rings is 2. The van der Waals surface area contributed by atoms with E-state index in [9.17, 15) is 9.59 Å². The molecule has 0 aliphatic heterocycles. The van der Waals surface area contributed by atoms with Gasteiger partial charge in [0.1, 0.15) is 0 Å². The van der Waals surface area contributed by atoms with Crippen molar-refractivity contribution >= 4 is 17.5 Å². The molecule has 2 rings (SSSR count). The molecule has 0 saturated carbocycles. The van der Waals surface area contributed by atoms with Crippen LogP contribution in [0.25, 0.3) is 0 Å². The van der Waals surface area contributed by atoms with Crippen LogP contribution in [0.3, 0.4) is 0 Å². The fourth-order valence-corrected chi connectivity index (χ4v) is 2.85. The summed E-state index contributed by atoms with van der Waals surface area (Å²) in [7, 11) is 0. The molecule has 1 N–H and O–H groups in total. The number of carbonyl (C=O) groups excluding carboxylic acids is 2. The number of anilines is 1. The lowest BCUT2D eigenvalue weighted by molar-refractivity contribution is -0.120. The topological polar surface area (TPSA) is 49.4 Å².